The molecule has 3 N–H and O–H groups in total. The van der Waals surface area contributed by atoms with E-state index in [0.717, 1.165) is 4.90 Å². The average molecular weight is 458 g/mol. The van der Waals surface area contributed by atoms with E-state index in [4.69, 9.17) is 4.42 Å². The summed E-state index contributed by atoms with van der Waals surface area (Å²) in [5.41, 5.74) is 1.43. The Morgan fingerprint density at radius 3 is 2.65 bits per heavy atom. The van der Waals surface area contributed by atoms with Crippen LogP contribution in [0.2, 0.25) is 0 Å². The third-order valence-electron chi connectivity index (χ3n) is 4.61. The highest BCUT2D eigenvalue weighted by atomic mass is 32.2. The molecular weight excluding hydrogens is 438 g/mol. The number of nitrogens with one attached hydrogen (secondary N) is 3. The topological polar surface area (TPSA) is 118 Å². The first-order chi connectivity index (χ1) is 14.8. The number of carbonyl (C=O) groups is 2. The molecule has 1 aliphatic heterocycles. The molecule has 10 heteroatoms. The third-order valence-corrected chi connectivity index (χ3v) is 7.21. The number of benzene rings is 2. The fourth-order valence-electron chi connectivity index (χ4n) is 2.93. The van der Waals surface area contributed by atoms with Crippen molar-refractivity contribution in [3.8, 4) is 0 Å². The van der Waals surface area contributed by atoms with E-state index in [1.165, 1.54) is 42.3 Å². The van der Waals surface area contributed by atoms with Crippen LogP contribution in [0.5, 0.6) is 0 Å². The molecule has 0 radical (unpaired) electrons. The van der Waals surface area contributed by atoms with Gasteiger partial charge in [-0.25, -0.2) is 13.1 Å². The van der Waals surface area contributed by atoms with Crippen molar-refractivity contribution in [2.75, 3.05) is 10.6 Å². The summed E-state index contributed by atoms with van der Waals surface area (Å²) in [6, 6.07) is 14.3. The van der Waals surface area contributed by atoms with E-state index >= 15 is 0 Å². The Morgan fingerprint density at radius 1 is 1.16 bits per heavy atom. The summed E-state index contributed by atoms with van der Waals surface area (Å²) in [4.78, 5) is 25.4. The first-order valence-corrected chi connectivity index (χ1v) is 11.7. The predicted octanol–water partition coefficient (Wildman–Crippen LogP) is 3.44. The molecule has 1 aliphatic rings. The first kappa shape index (κ1) is 21.2. The van der Waals surface area contributed by atoms with E-state index in [1.807, 2.05) is 6.92 Å². The summed E-state index contributed by atoms with van der Waals surface area (Å²) >= 11 is 1.44. The lowest BCUT2D eigenvalue weighted by Gasteiger charge is -2.21. The van der Waals surface area contributed by atoms with Crippen LogP contribution in [-0.4, -0.2) is 25.5 Å². The molecular formula is C21H19N3O5S2. The zero-order valence-corrected chi connectivity index (χ0v) is 18.0. The zero-order valence-electron chi connectivity index (χ0n) is 16.4. The van der Waals surface area contributed by atoms with Crippen molar-refractivity contribution in [1.29, 1.82) is 0 Å². The number of carbonyl (C=O) groups excluding carboxylic acids is 2. The Bertz CT molecular complexity index is 1220. The van der Waals surface area contributed by atoms with Gasteiger partial charge in [0.2, 0.25) is 15.9 Å². The SMILES string of the molecule is C[C@@H]1Sc2ccc(C(=O)Nc3ccc(S(=O)(=O)NCc4ccco4)cc3)cc2NC1=O. The van der Waals surface area contributed by atoms with Crippen LogP contribution in [0, 0.1) is 0 Å². The highest BCUT2D eigenvalue weighted by Crippen LogP contribution is 2.36. The van der Waals surface area contributed by atoms with E-state index in [0.29, 0.717) is 22.7 Å². The van der Waals surface area contributed by atoms with Gasteiger partial charge < -0.3 is 15.1 Å². The molecule has 0 saturated carbocycles. The second-order valence-corrected chi connectivity index (χ2v) is 9.99. The summed E-state index contributed by atoms with van der Waals surface area (Å²) in [6.45, 7) is 1.86. The molecule has 1 atom stereocenters. The van der Waals surface area contributed by atoms with E-state index in [2.05, 4.69) is 15.4 Å². The largest absolute Gasteiger partial charge is 0.468 e. The summed E-state index contributed by atoms with van der Waals surface area (Å²) in [6.07, 6.45) is 1.47. The summed E-state index contributed by atoms with van der Waals surface area (Å²) in [5.74, 6) is 0.0290. The molecule has 2 aromatic carbocycles. The molecule has 2 heterocycles. The second-order valence-electron chi connectivity index (χ2n) is 6.84. The van der Waals surface area contributed by atoms with Crippen LogP contribution in [0.3, 0.4) is 0 Å². The Kier molecular flexibility index (Phi) is 5.86. The van der Waals surface area contributed by atoms with E-state index in [9.17, 15) is 18.0 Å². The van der Waals surface area contributed by atoms with Gasteiger partial charge in [-0.1, -0.05) is 0 Å². The minimum atomic E-state index is -3.72. The minimum absolute atomic E-state index is 0.0414. The Hall–Kier alpha value is -3.08. The maximum Gasteiger partial charge on any atom is 0.255 e. The molecule has 160 valence electrons. The Balaban J connectivity index is 1.42. The molecule has 1 aromatic heterocycles. The molecule has 0 aliphatic carbocycles. The fourth-order valence-corrected chi connectivity index (χ4v) is 4.86. The van der Waals surface area contributed by atoms with Gasteiger partial charge in [-0.2, -0.15) is 0 Å². The van der Waals surface area contributed by atoms with Crippen LogP contribution in [0.25, 0.3) is 0 Å². The van der Waals surface area contributed by atoms with Crippen molar-refractivity contribution < 1.29 is 22.4 Å². The summed E-state index contributed by atoms with van der Waals surface area (Å²) in [5, 5.41) is 5.34. The quantitative estimate of drug-likeness (QED) is 0.522. The number of fused-ring (bicyclic) bond motifs is 1. The highest BCUT2D eigenvalue weighted by Gasteiger charge is 2.24. The van der Waals surface area contributed by atoms with Gasteiger partial charge in [-0.3, -0.25) is 9.59 Å². The standard InChI is InChI=1S/C21H19N3O5S2/c1-13-20(25)24-18-11-14(4-9-19(18)30-13)21(26)23-15-5-7-17(8-6-15)31(27,28)22-12-16-3-2-10-29-16/h2-11,13,22H,12H2,1H3,(H,23,26)(H,24,25)/t13-/m0/s1. The van der Waals surface area contributed by atoms with Crippen molar-refractivity contribution in [2.45, 2.75) is 28.5 Å². The zero-order chi connectivity index (χ0) is 22.0. The van der Waals surface area contributed by atoms with Gasteiger partial charge in [0.05, 0.1) is 28.6 Å². The number of thioether (sulfide) groups is 1. The molecule has 8 nitrogen and oxygen atoms in total. The van der Waals surface area contributed by atoms with E-state index in [-0.39, 0.29) is 28.5 Å². The Labute approximate surface area is 183 Å². The van der Waals surface area contributed by atoms with Gasteiger partial charge in [-0.05, 0) is 61.5 Å². The fraction of sp³-hybridized carbons (Fsp3) is 0.143. The van der Waals surface area contributed by atoms with Crippen molar-refractivity contribution in [1.82, 2.24) is 4.72 Å². The normalized spacial score (nSPS) is 15.8. The van der Waals surface area contributed by atoms with Gasteiger partial charge in [0.25, 0.3) is 5.91 Å². The van der Waals surface area contributed by atoms with Gasteiger partial charge in [0.1, 0.15) is 5.76 Å². The molecule has 31 heavy (non-hydrogen) atoms. The maximum atomic E-state index is 12.6. The predicted molar refractivity (Wildman–Crippen MR) is 118 cm³/mol. The minimum Gasteiger partial charge on any atom is -0.468 e. The van der Waals surface area contributed by atoms with Crippen LogP contribution < -0.4 is 15.4 Å². The smallest absolute Gasteiger partial charge is 0.255 e. The molecule has 4 rings (SSSR count). The lowest BCUT2D eigenvalue weighted by atomic mass is 10.1. The van der Waals surface area contributed by atoms with E-state index < -0.39 is 10.0 Å². The lowest BCUT2D eigenvalue weighted by Crippen LogP contribution is -2.26. The number of hydrogen-bond acceptors (Lipinski definition) is 6. The van der Waals surface area contributed by atoms with Gasteiger partial charge in [-0.15, -0.1) is 11.8 Å². The van der Waals surface area contributed by atoms with Gasteiger partial charge in [0.15, 0.2) is 0 Å². The molecule has 0 unspecified atom stereocenters. The molecule has 0 saturated heterocycles. The van der Waals surface area contributed by atoms with Crippen molar-refractivity contribution in [3.63, 3.8) is 0 Å². The number of furan rings is 1. The van der Waals surface area contributed by atoms with Crippen LogP contribution in [0.4, 0.5) is 11.4 Å². The van der Waals surface area contributed by atoms with Gasteiger partial charge >= 0.3 is 0 Å². The number of sulfonamides is 1. The maximum absolute atomic E-state index is 12.6. The van der Waals surface area contributed by atoms with Gasteiger partial charge in [0, 0.05) is 16.1 Å². The summed E-state index contributed by atoms with van der Waals surface area (Å²) < 4.78 is 32.4. The molecule has 0 spiro atoms. The third kappa shape index (κ3) is 4.82. The number of amides is 2. The monoisotopic (exact) mass is 457 g/mol. The Morgan fingerprint density at radius 2 is 1.94 bits per heavy atom. The lowest BCUT2D eigenvalue weighted by molar-refractivity contribution is -0.115. The van der Waals surface area contributed by atoms with Crippen LogP contribution in [0.15, 0.2) is 75.1 Å². The second kappa shape index (κ2) is 8.58. The number of hydrogen-bond donors (Lipinski definition) is 3. The highest BCUT2D eigenvalue weighted by molar-refractivity contribution is 8.01. The van der Waals surface area contributed by atoms with Crippen molar-refractivity contribution >= 4 is 45.0 Å². The van der Waals surface area contributed by atoms with Crippen LogP contribution in [0.1, 0.15) is 23.0 Å². The van der Waals surface area contributed by atoms with Crippen LogP contribution >= 0.6 is 11.8 Å². The summed E-state index contributed by atoms with van der Waals surface area (Å²) in [7, 11) is -3.72. The molecule has 2 amide bonds. The first-order valence-electron chi connectivity index (χ1n) is 9.37. The van der Waals surface area contributed by atoms with E-state index in [1.54, 1.807) is 30.3 Å². The molecule has 3 aromatic rings. The van der Waals surface area contributed by atoms with Crippen molar-refractivity contribution in [2.24, 2.45) is 0 Å². The average Bonchev–Trinajstić information content (AvgIpc) is 3.27. The van der Waals surface area contributed by atoms with Crippen LogP contribution in [-0.2, 0) is 21.4 Å². The number of anilines is 2. The molecule has 0 bridgehead atoms. The molecule has 0 fully saturated rings. The number of rotatable bonds is 6. The van der Waals surface area contributed by atoms with Crippen molar-refractivity contribution in [3.05, 3.63) is 72.2 Å².